The second-order valence-electron chi connectivity index (χ2n) is 19.7. The van der Waals surface area contributed by atoms with Crippen LogP contribution in [0.25, 0.3) is 0 Å². The summed E-state index contributed by atoms with van der Waals surface area (Å²) in [5.74, 6) is -2.63. The van der Waals surface area contributed by atoms with E-state index in [1.54, 1.807) is 19.9 Å². The predicted octanol–water partition coefficient (Wildman–Crippen LogP) is 6.84. The smallest absolute Gasteiger partial charge is 0.407 e. The van der Waals surface area contributed by atoms with Gasteiger partial charge in [-0.15, -0.1) is 0 Å². The Kier molecular flexibility index (Phi) is 14.4. The summed E-state index contributed by atoms with van der Waals surface area (Å²) in [7, 11) is 0. The maximum Gasteiger partial charge on any atom is 0.407 e. The average Bonchev–Trinajstić information content (AvgIpc) is 4.03. The summed E-state index contributed by atoms with van der Waals surface area (Å²) in [5.41, 5.74) is 11.6. The summed E-state index contributed by atoms with van der Waals surface area (Å²) in [5, 5.41) is 5.42. The SMILES string of the molecule is CCOC(=O)N[C@H](C(=O)N1CCC[C@@]1(C(N)=O)c1ccc([C@@H]2CC[C@@H](c3ccc([C@]4(C(N)=O)CCCN4C(=O)[C@@H](NC(=O)OCC)C(C)(C)C)cc3)N2c2cccc(F)c2)cc1)C(C)(C)C. The third-order valence-electron chi connectivity index (χ3n) is 13.4. The fraction of sp³-hybridized carbons (Fsp3) is 0.520. The van der Waals surface area contributed by atoms with E-state index in [0.29, 0.717) is 55.3 Å². The van der Waals surface area contributed by atoms with Gasteiger partial charge in [0, 0.05) is 18.8 Å². The van der Waals surface area contributed by atoms with Crippen LogP contribution in [0.4, 0.5) is 19.7 Å². The van der Waals surface area contributed by atoms with Crippen LogP contribution in [0.2, 0.25) is 0 Å². The van der Waals surface area contributed by atoms with Crippen LogP contribution in [0.1, 0.15) is 128 Å². The van der Waals surface area contributed by atoms with Gasteiger partial charge in [0.05, 0.1) is 25.3 Å². The molecule has 6 rings (SSSR count). The fourth-order valence-electron chi connectivity index (χ4n) is 10.2. The lowest BCUT2D eigenvalue weighted by atomic mass is 9.82. The van der Waals surface area contributed by atoms with Crippen molar-refractivity contribution in [2.45, 2.75) is 129 Å². The van der Waals surface area contributed by atoms with Crippen molar-refractivity contribution in [2.24, 2.45) is 22.3 Å². The molecule has 0 aliphatic carbocycles. The normalized spacial score (nSPS) is 23.0. The number of hydrogen-bond acceptors (Lipinski definition) is 9. The van der Waals surface area contributed by atoms with Crippen LogP contribution in [-0.4, -0.2) is 84.0 Å². The van der Waals surface area contributed by atoms with Gasteiger partial charge in [0.25, 0.3) is 0 Å². The Hall–Kier alpha value is -6.19. The van der Waals surface area contributed by atoms with E-state index in [2.05, 4.69) is 15.5 Å². The Labute approximate surface area is 387 Å². The second kappa shape index (κ2) is 19.3. The third kappa shape index (κ3) is 9.41. The molecule has 0 spiro atoms. The lowest BCUT2D eigenvalue weighted by Crippen LogP contribution is -2.61. The highest BCUT2D eigenvalue weighted by molar-refractivity contribution is 5.96. The molecule has 6 atom stereocenters. The number of ether oxygens (including phenoxy) is 2. The highest BCUT2D eigenvalue weighted by atomic mass is 19.1. The lowest BCUT2D eigenvalue weighted by molar-refractivity contribution is -0.147. The number of alkyl carbamates (subject to hydrolysis) is 2. The first-order valence-corrected chi connectivity index (χ1v) is 23.0. The third-order valence-corrected chi connectivity index (χ3v) is 13.4. The van der Waals surface area contributed by atoms with Crippen LogP contribution in [0.5, 0.6) is 0 Å². The van der Waals surface area contributed by atoms with E-state index in [1.165, 1.54) is 21.9 Å². The van der Waals surface area contributed by atoms with E-state index < -0.39 is 75.6 Å². The molecule has 3 aromatic carbocycles. The van der Waals surface area contributed by atoms with Crippen molar-refractivity contribution < 1.29 is 42.6 Å². The number of rotatable bonds is 13. The first kappa shape index (κ1) is 49.2. The zero-order valence-corrected chi connectivity index (χ0v) is 39.4. The van der Waals surface area contributed by atoms with Gasteiger partial charge in [0.2, 0.25) is 23.6 Å². The maximum atomic E-state index is 15.0. The van der Waals surface area contributed by atoms with Crippen molar-refractivity contribution >= 4 is 41.5 Å². The van der Waals surface area contributed by atoms with Gasteiger partial charge in [-0.25, -0.2) is 14.0 Å². The topological polar surface area (TPSA) is 207 Å². The minimum atomic E-state index is -1.47. The number of primary amides is 2. The molecular weight excluding hydrogens is 846 g/mol. The zero-order valence-electron chi connectivity index (χ0n) is 39.4. The number of amides is 6. The molecule has 3 aliphatic heterocycles. The van der Waals surface area contributed by atoms with Crippen LogP contribution >= 0.6 is 0 Å². The van der Waals surface area contributed by atoms with Crippen molar-refractivity contribution in [3.63, 3.8) is 0 Å². The van der Waals surface area contributed by atoms with E-state index in [4.69, 9.17) is 20.9 Å². The molecule has 15 nitrogen and oxygen atoms in total. The van der Waals surface area contributed by atoms with Crippen molar-refractivity contribution in [3.05, 3.63) is 101 Å². The van der Waals surface area contributed by atoms with Crippen LogP contribution in [-0.2, 0) is 39.7 Å². The Morgan fingerprint density at radius 2 is 1.06 bits per heavy atom. The highest BCUT2D eigenvalue weighted by Crippen LogP contribution is 2.49. The number of nitrogens with one attached hydrogen (secondary N) is 2. The van der Waals surface area contributed by atoms with Crippen molar-refractivity contribution in [1.29, 1.82) is 0 Å². The summed E-state index contributed by atoms with van der Waals surface area (Å²) >= 11 is 0. The number of hydrogen-bond donors (Lipinski definition) is 4. The second-order valence-corrected chi connectivity index (χ2v) is 19.7. The Morgan fingerprint density at radius 3 is 1.39 bits per heavy atom. The standard InChI is InChI=1S/C50H66FN7O8/c1-9-65-45(63)54-39(47(3,4)5)41(59)56-28-12-26-49(56,43(52)61)33-20-16-31(17-21-33)37-24-25-38(58(37)36-15-11-14-35(51)30-36)32-18-22-34(23-19-32)50(44(53)62)27-13-29-57(50)42(60)40(48(6,7)8)55-46(64)66-10-2/h11,14-23,30,37-40H,9-10,12-13,24-29H2,1-8H3,(H2,52,61)(H2,53,62)(H,54,63)(H,55,64)/t37-,38-,39+,40+,49-,50-/m0/s1. The van der Waals surface area contributed by atoms with Crippen LogP contribution in [0.3, 0.4) is 0 Å². The van der Waals surface area contributed by atoms with E-state index in [-0.39, 0.29) is 38.4 Å². The van der Waals surface area contributed by atoms with Gasteiger partial charge in [-0.3, -0.25) is 19.2 Å². The number of nitrogens with two attached hydrogens (primary N) is 2. The fourth-order valence-corrected chi connectivity index (χ4v) is 10.2. The molecule has 0 radical (unpaired) electrons. The Morgan fingerprint density at radius 1 is 0.667 bits per heavy atom. The number of anilines is 1. The van der Waals surface area contributed by atoms with E-state index in [1.807, 2.05) is 96.1 Å². The molecule has 66 heavy (non-hydrogen) atoms. The molecule has 6 amide bonds. The largest absolute Gasteiger partial charge is 0.450 e. The zero-order chi connectivity index (χ0) is 48.4. The molecule has 3 heterocycles. The van der Waals surface area contributed by atoms with Crippen LogP contribution in [0, 0.1) is 16.6 Å². The summed E-state index contributed by atoms with van der Waals surface area (Å²) in [6.07, 6.45) is 1.52. The maximum absolute atomic E-state index is 15.0. The lowest BCUT2D eigenvalue weighted by Gasteiger charge is -2.41. The van der Waals surface area contributed by atoms with E-state index in [9.17, 15) is 28.8 Å². The number of nitrogens with zero attached hydrogens (tertiary/aromatic N) is 3. The molecule has 3 aromatic rings. The average molecular weight is 912 g/mol. The number of likely N-dealkylation sites (tertiary alicyclic amines) is 2. The van der Waals surface area contributed by atoms with Gasteiger partial charge in [-0.2, -0.15) is 0 Å². The number of benzene rings is 3. The van der Waals surface area contributed by atoms with Crippen molar-refractivity contribution in [1.82, 2.24) is 20.4 Å². The minimum Gasteiger partial charge on any atom is -0.450 e. The molecule has 3 aliphatic rings. The van der Waals surface area contributed by atoms with Crippen LogP contribution in [0.15, 0.2) is 72.8 Å². The summed E-state index contributed by atoms with van der Waals surface area (Å²) in [4.78, 5) is 86.2. The first-order chi connectivity index (χ1) is 31.1. The van der Waals surface area contributed by atoms with Crippen molar-refractivity contribution in [2.75, 3.05) is 31.2 Å². The molecule has 16 heteroatoms. The summed E-state index contributed by atoms with van der Waals surface area (Å²) in [6, 6.07) is 18.9. The molecule has 0 aromatic heterocycles. The van der Waals surface area contributed by atoms with Crippen LogP contribution < -0.4 is 27.0 Å². The molecular formula is C50H66FN7O8. The predicted molar refractivity (Wildman–Crippen MR) is 247 cm³/mol. The minimum absolute atomic E-state index is 0.126. The van der Waals surface area contributed by atoms with Crippen molar-refractivity contribution in [3.8, 4) is 0 Å². The van der Waals surface area contributed by atoms with Gasteiger partial charge in [0.15, 0.2) is 0 Å². The Balaban J connectivity index is 1.32. The number of carbonyl (C=O) groups is 6. The van der Waals surface area contributed by atoms with Gasteiger partial charge in [-0.05, 0) is 104 Å². The Bertz CT molecular complexity index is 2160. The molecule has 3 saturated heterocycles. The molecule has 0 unspecified atom stereocenters. The quantitative estimate of drug-likeness (QED) is 0.142. The molecule has 0 bridgehead atoms. The molecule has 6 N–H and O–H groups in total. The highest BCUT2D eigenvalue weighted by Gasteiger charge is 2.54. The van der Waals surface area contributed by atoms with Gasteiger partial charge in [-0.1, -0.05) is 96.1 Å². The molecule has 3 fully saturated rings. The van der Waals surface area contributed by atoms with Gasteiger partial charge < -0.3 is 46.3 Å². The number of halogens is 1. The first-order valence-electron chi connectivity index (χ1n) is 23.0. The van der Waals surface area contributed by atoms with Gasteiger partial charge in [0.1, 0.15) is 29.0 Å². The summed E-state index contributed by atoms with van der Waals surface area (Å²) in [6.45, 7) is 15.1. The van der Waals surface area contributed by atoms with Gasteiger partial charge >= 0.3 is 12.2 Å². The molecule has 356 valence electrons. The van der Waals surface area contributed by atoms with E-state index in [0.717, 1.165) is 11.1 Å². The molecule has 0 saturated carbocycles. The van der Waals surface area contributed by atoms with E-state index >= 15 is 4.39 Å². The number of carbonyl (C=O) groups excluding carboxylic acids is 6. The summed E-state index contributed by atoms with van der Waals surface area (Å²) < 4.78 is 25.2. The monoisotopic (exact) mass is 911 g/mol.